The van der Waals surface area contributed by atoms with Crippen LogP contribution in [0.1, 0.15) is 12.8 Å². The molecule has 0 heterocycles. The van der Waals surface area contributed by atoms with E-state index in [1.165, 1.54) is 0 Å². The van der Waals surface area contributed by atoms with Crippen molar-refractivity contribution in [1.29, 1.82) is 0 Å². The van der Waals surface area contributed by atoms with E-state index >= 15 is 0 Å². The van der Waals surface area contributed by atoms with Crippen LogP contribution in [-0.2, 0) is 14.2 Å². The van der Waals surface area contributed by atoms with Crippen LogP contribution in [0.4, 0.5) is 13.2 Å². The van der Waals surface area contributed by atoms with Gasteiger partial charge in [0.15, 0.2) is 0 Å². The summed E-state index contributed by atoms with van der Waals surface area (Å²) in [4.78, 5) is 0. The van der Waals surface area contributed by atoms with Crippen LogP contribution in [0.15, 0.2) is 0 Å². The summed E-state index contributed by atoms with van der Waals surface area (Å²) >= 11 is 0. The molecule has 0 aromatic carbocycles. The SMILES string of the molecule is COCCOCCCCNCCOC(F)(F)F. The summed E-state index contributed by atoms with van der Waals surface area (Å²) in [6, 6.07) is 0. The second-order valence-electron chi connectivity index (χ2n) is 3.36. The largest absolute Gasteiger partial charge is 0.522 e. The molecule has 0 aliphatic carbocycles. The maximum absolute atomic E-state index is 11.6. The van der Waals surface area contributed by atoms with E-state index in [0.29, 0.717) is 26.4 Å². The molecule has 0 rings (SSSR count). The van der Waals surface area contributed by atoms with E-state index in [1.54, 1.807) is 7.11 Å². The molecule has 0 amide bonds. The molecule has 0 aromatic heterocycles. The van der Waals surface area contributed by atoms with Crippen molar-refractivity contribution in [2.45, 2.75) is 19.2 Å². The lowest BCUT2D eigenvalue weighted by Gasteiger charge is -2.08. The Morgan fingerprint density at radius 2 is 1.71 bits per heavy atom. The van der Waals surface area contributed by atoms with Gasteiger partial charge in [0.2, 0.25) is 0 Å². The van der Waals surface area contributed by atoms with Gasteiger partial charge in [-0.25, -0.2) is 0 Å². The molecule has 0 unspecified atom stereocenters. The lowest BCUT2D eigenvalue weighted by Crippen LogP contribution is -2.25. The smallest absolute Gasteiger partial charge is 0.382 e. The van der Waals surface area contributed by atoms with Gasteiger partial charge in [-0.15, -0.1) is 13.2 Å². The number of ether oxygens (including phenoxy) is 3. The summed E-state index contributed by atoms with van der Waals surface area (Å²) in [5.74, 6) is 0. The zero-order valence-electron chi connectivity index (χ0n) is 10.0. The topological polar surface area (TPSA) is 39.7 Å². The molecule has 0 spiro atoms. The molecular weight excluding hydrogens is 239 g/mol. The minimum absolute atomic E-state index is 0.198. The predicted octanol–water partition coefficient (Wildman–Crippen LogP) is 1.56. The Kier molecular flexibility index (Phi) is 10.5. The van der Waals surface area contributed by atoms with Crippen molar-refractivity contribution in [3.8, 4) is 0 Å². The van der Waals surface area contributed by atoms with Crippen LogP contribution in [-0.4, -0.2) is 53.0 Å². The standard InChI is InChI=1S/C10H20F3NO3/c1-15-8-9-16-6-3-2-4-14-5-7-17-10(11,12)13/h14H,2-9H2,1H3. The molecule has 0 saturated heterocycles. The molecule has 4 nitrogen and oxygen atoms in total. The molecule has 7 heteroatoms. The molecule has 17 heavy (non-hydrogen) atoms. The average Bonchev–Trinajstić information content (AvgIpc) is 2.24. The molecule has 0 bridgehead atoms. The normalized spacial score (nSPS) is 12.0. The number of nitrogens with one attached hydrogen (secondary N) is 1. The molecule has 1 N–H and O–H groups in total. The molecule has 0 atom stereocenters. The third-order valence-corrected chi connectivity index (χ3v) is 1.87. The second-order valence-corrected chi connectivity index (χ2v) is 3.36. The van der Waals surface area contributed by atoms with E-state index < -0.39 is 6.36 Å². The van der Waals surface area contributed by atoms with Gasteiger partial charge in [0.25, 0.3) is 0 Å². The molecule has 0 radical (unpaired) electrons. The van der Waals surface area contributed by atoms with Crippen molar-refractivity contribution in [3.05, 3.63) is 0 Å². The summed E-state index contributed by atoms with van der Waals surface area (Å²) in [5, 5.41) is 2.85. The molecule has 0 saturated carbocycles. The van der Waals surface area contributed by atoms with Gasteiger partial charge < -0.3 is 14.8 Å². The van der Waals surface area contributed by atoms with Crippen molar-refractivity contribution in [2.75, 3.05) is 46.6 Å². The van der Waals surface area contributed by atoms with Crippen LogP contribution in [0.5, 0.6) is 0 Å². The van der Waals surface area contributed by atoms with Crippen LogP contribution >= 0.6 is 0 Å². The zero-order valence-corrected chi connectivity index (χ0v) is 10.0. The average molecular weight is 259 g/mol. The first-order valence-corrected chi connectivity index (χ1v) is 5.54. The predicted molar refractivity (Wildman–Crippen MR) is 56.8 cm³/mol. The van der Waals surface area contributed by atoms with Gasteiger partial charge in [-0.1, -0.05) is 0 Å². The van der Waals surface area contributed by atoms with Crippen LogP contribution in [0.2, 0.25) is 0 Å². The van der Waals surface area contributed by atoms with E-state index in [0.717, 1.165) is 12.8 Å². The van der Waals surface area contributed by atoms with E-state index in [2.05, 4.69) is 10.1 Å². The maximum Gasteiger partial charge on any atom is 0.522 e. The summed E-state index contributed by atoms with van der Waals surface area (Å²) in [5.41, 5.74) is 0. The second kappa shape index (κ2) is 10.8. The first-order valence-electron chi connectivity index (χ1n) is 5.54. The maximum atomic E-state index is 11.6. The monoisotopic (exact) mass is 259 g/mol. The highest BCUT2D eigenvalue weighted by Gasteiger charge is 2.28. The number of alkyl halides is 3. The van der Waals surface area contributed by atoms with Crippen molar-refractivity contribution in [2.24, 2.45) is 0 Å². The van der Waals surface area contributed by atoms with Crippen LogP contribution in [0.25, 0.3) is 0 Å². The molecule has 0 fully saturated rings. The molecular formula is C10H20F3NO3. The molecule has 0 aliphatic rings. The minimum atomic E-state index is -4.53. The van der Waals surface area contributed by atoms with E-state index in [4.69, 9.17) is 9.47 Å². The summed E-state index contributed by atoms with van der Waals surface area (Å²) in [7, 11) is 1.61. The van der Waals surface area contributed by atoms with Gasteiger partial charge in [-0.3, -0.25) is 4.74 Å². The van der Waals surface area contributed by atoms with Crippen LogP contribution < -0.4 is 5.32 Å². The highest BCUT2D eigenvalue weighted by molar-refractivity contribution is 4.48. The molecule has 104 valence electrons. The van der Waals surface area contributed by atoms with E-state index in [9.17, 15) is 13.2 Å². The third-order valence-electron chi connectivity index (χ3n) is 1.87. The fourth-order valence-electron chi connectivity index (χ4n) is 1.06. The van der Waals surface area contributed by atoms with Crippen molar-refractivity contribution in [1.82, 2.24) is 5.32 Å². The molecule has 0 aromatic rings. The Morgan fingerprint density at radius 1 is 0.941 bits per heavy atom. The number of methoxy groups -OCH3 is 1. The fourth-order valence-corrected chi connectivity index (χ4v) is 1.06. The Bertz CT molecular complexity index is 167. The van der Waals surface area contributed by atoms with Crippen molar-refractivity contribution < 1.29 is 27.4 Å². The van der Waals surface area contributed by atoms with Crippen molar-refractivity contribution >= 4 is 0 Å². The number of rotatable bonds is 11. The minimum Gasteiger partial charge on any atom is -0.382 e. The Morgan fingerprint density at radius 3 is 2.35 bits per heavy atom. The summed E-state index contributed by atoms with van der Waals surface area (Å²) in [6.07, 6.45) is -2.80. The van der Waals surface area contributed by atoms with Crippen molar-refractivity contribution in [3.63, 3.8) is 0 Å². The Hall–Kier alpha value is -0.370. The van der Waals surface area contributed by atoms with Gasteiger partial charge >= 0.3 is 6.36 Å². The Balaban J connectivity index is 2.99. The first-order chi connectivity index (χ1) is 8.06. The lowest BCUT2D eigenvalue weighted by atomic mass is 10.3. The van der Waals surface area contributed by atoms with Crippen LogP contribution in [0.3, 0.4) is 0 Å². The van der Waals surface area contributed by atoms with Crippen LogP contribution in [0, 0.1) is 0 Å². The summed E-state index contributed by atoms with van der Waals surface area (Å²) in [6.45, 7) is 2.30. The van der Waals surface area contributed by atoms with Gasteiger partial charge in [0.1, 0.15) is 0 Å². The summed E-state index contributed by atoms with van der Waals surface area (Å²) < 4.78 is 48.3. The highest BCUT2D eigenvalue weighted by Crippen LogP contribution is 2.14. The van der Waals surface area contributed by atoms with Gasteiger partial charge in [-0.05, 0) is 19.4 Å². The Labute approximate surface area is 99.4 Å². The molecule has 0 aliphatic heterocycles. The fraction of sp³-hybridized carbons (Fsp3) is 1.00. The quantitative estimate of drug-likeness (QED) is 0.572. The van der Waals surface area contributed by atoms with Gasteiger partial charge in [0, 0.05) is 20.3 Å². The number of halogens is 3. The number of hydrogen-bond acceptors (Lipinski definition) is 4. The number of hydrogen-bond donors (Lipinski definition) is 1. The van der Waals surface area contributed by atoms with Gasteiger partial charge in [-0.2, -0.15) is 0 Å². The number of unbranched alkanes of at least 4 members (excludes halogenated alkanes) is 1. The van der Waals surface area contributed by atoms with E-state index in [1.807, 2.05) is 0 Å². The third kappa shape index (κ3) is 15.6. The lowest BCUT2D eigenvalue weighted by molar-refractivity contribution is -0.323. The van der Waals surface area contributed by atoms with Gasteiger partial charge in [0.05, 0.1) is 19.8 Å². The first kappa shape index (κ1) is 16.6. The van der Waals surface area contributed by atoms with E-state index in [-0.39, 0.29) is 13.2 Å². The zero-order chi connectivity index (χ0) is 13.0. The highest BCUT2D eigenvalue weighted by atomic mass is 19.4.